The van der Waals surface area contributed by atoms with Gasteiger partial charge in [0.2, 0.25) is 5.78 Å². The lowest BCUT2D eigenvalue weighted by molar-refractivity contribution is -0.154. The van der Waals surface area contributed by atoms with Gasteiger partial charge in [0.1, 0.15) is 28.4 Å². The molecule has 0 aromatic heterocycles. The molecule has 0 bridgehead atoms. The zero-order valence-electron chi connectivity index (χ0n) is 17.9. The summed E-state index contributed by atoms with van der Waals surface area (Å²) in [5.74, 6) is -9.68. The number of hydrogen-bond acceptors (Lipinski definition) is 10. The zero-order valence-corrected chi connectivity index (χ0v) is 17.9. The maximum Gasteiger partial charge on any atom is 0.341 e. The minimum absolute atomic E-state index is 0.280. The minimum atomic E-state index is -2.83. The van der Waals surface area contributed by atoms with Gasteiger partial charge in [0.25, 0.3) is 0 Å². The van der Waals surface area contributed by atoms with Crippen molar-refractivity contribution >= 4 is 23.3 Å². The van der Waals surface area contributed by atoms with E-state index in [0.29, 0.717) is 0 Å². The van der Waals surface area contributed by atoms with Gasteiger partial charge in [0.15, 0.2) is 17.2 Å². The topological polar surface area (TPSA) is 179 Å². The quantitative estimate of drug-likeness (QED) is 0.317. The second-order valence-corrected chi connectivity index (χ2v) is 8.60. The molecular weight excluding hydrogens is 436 g/mol. The van der Waals surface area contributed by atoms with Crippen LogP contribution in [0.4, 0.5) is 0 Å². The van der Waals surface area contributed by atoms with Crippen LogP contribution in [0.3, 0.4) is 0 Å². The number of allylic oxidation sites excluding steroid dienone is 1. The number of benzene rings is 1. The number of ether oxygens (including phenoxy) is 1. The Labute approximate surface area is 187 Å². The lowest BCUT2D eigenvalue weighted by atomic mass is 9.56. The van der Waals surface area contributed by atoms with Gasteiger partial charge in [0.05, 0.1) is 18.8 Å². The summed E-state index contributed by atoms with van der Waals surface area (Å²) in [4.78, 5) is 50.4. The Balaban J connectivity index is 1.99. The molecule has 0 radical (unpaired) electrons. The third kappa shape index (κ3) is 2.74. The number of phenolic OH excluding ortho intramolecular Hbond substituents is 1. The van der Waals surface area contributed by atoms with E-state index in [2.05, 4.69) is 4.74 Å². The van der Waals surface area contributed by atoms with Crippen molar-refractivity contribution in [3.63, 3.8) is 0 Å². The Hall–Kier alpha value is -3.50. The number of ketones is 3. The van der Waals surface area contributed by atoms with E-state index in [4.69, 9.17) is 0 Å². The normalized spacial score (nSPS) is 31.1. The third-order valence-electron chi connectivity index (χ3n) is 7.01. The van der Waals surface area contributed by atoms with Gasteiger partial charge in [-0.15, -0.1) is 0 Å². The fourth-order valence-electron chi connectivity index (χ4n) is 5.38. The van der Waals surface area contributed by atoms with Gasteiger partial charge in [-0.3, -0.25) is 14.4 Å². The minimum Gasteiger partial charge on any atom is -0.511 e. The molecule has 3 aliphatic carbocycles. The van der Waals surface area contributed by atoms with Gasteiger partial charge < -0.3 is 30.3 Å². The molecule has 1 aromatic carbocycles. The number of aromatic hydroxyl groups is 1. The maximum atomic E-state index is 13.4. The van der Waals surface area contributed by atoms with E-state index < -0.39 is 87.6 Å². The van der Waals surface area contributed by atoms with Gasteiger partial charge in [0, 0.05) is 23.8 Å². The number of methoxy groups -OCH3 is 1. The molecule has 3 aliphatic rings. The summed E-state index contributed by atoms with van der Waals surface area (Å²) < 4.78 is 4.60. The fraction of sp³-hybridized carbons (Fsp3) is 0.391. The number of carbonyl (C=O) groups excluding carboxylic acids is 4. The Morgan fingerprint density at radius 3 is 2.36 bits per heavy atom. The first-order valence-corrected chi connectivity index (χ1v) is 10.2. The second kappa shape index (κ2) is 7.26. The van der Waals surface area contributed by atoms with Crippen molar-refractivity contribution < 1.29 is 49.4 Å². The molecule has 4 rings (SSSR count). The number of phenols is 1. The molecule has 3 unspecified atom stereocenters. The van der Waals surface area contributed by atoms with Crippen LogP contribution in [-0.4, -0.2) is 67.7 Å². The molecule has 0 spiro atoms. The van der Waals surface area contributed by atoms with Crippen LogP contribution in [0.5, 0.6) is 5.75 Å². The Bertz CT molecular complexity index is 1210. The molecule has 33 heavy (non-hydrogen) atoms. The first kappa shape index (κ1) is 22.7. The predicted molar refractivity (Wildman–Crippen MR) is 110 cm³/mol. The standard InChI is InChI=1S/C23H22O10/c1-7-9-4-5-10(22(31)33-3)17(26)15(9)19(28)16-13(7)18(27)11-6-12(25)14(8(2)24)20(29)23(11,32)21(16)30/h4-5,7,11,13,18,25-27,30,32H,6H2,1-3H3/t7-,11?,13?,18+,23?/m0/s1. The largest absolute Gasteiger partial charge is 0.511 e. The molecule has 174 valence electrons. The van der Waals surface area contributed by atoms with Crippen LogP contribution < -0.4 is 0 Å². The molecule has 0 aliphatic heterocycles. The van der Waals surface area contributed by atoms with Crippen molar-refractivity contribution in [2.24, 2.45) is 11.8 Å². The van der Waals surface area contributed by atoms with E-state index in [-0.39, 0.29) is 16.7 Å². The van der Waals surface area contributed by atoms with Crippen LogP contribution >= 0.6 is 0 Å². The highest BCUT2D eigenvalue weighted by molar-refractivity contribution is 6.25. The molecule has 0 heterocycles. The summed E-state index contributed by atoms with van der Waals surface area (Å²) in [6.07, 6.45) is -2.05. The summed E-state index contributed by atoms with van der Waals surface area (Å²) in [6.45, 7) is 2.60. The summed E-state index contributed by atoms with van der Waals surface area (Å²) in [7, 11) is 1.09. The molecular formula is C23H22O10. The van der Waals surface area contributed by atoms with Crippen LogP contribution in [0, 0.1) is 11.8 Å². The molecule has 0 saturated carbocycles. The smallest absolute Gasteiger partial charge is 0.341 e. The maximum absolute atomic E-state index is 13.4. The Morgan fingerprint density at radius 2 is 1.79 bits per heavy atom. The van der Waals surface area contributed by atoms with Crippen molar-refractivity contribution in [2.45, 2.75) is 37.9 Å². The second-order valence-electron chi connectivity index (χ2n) is 8.60. The van der Waals surface area contributed by atoms with Crippen molar-refractivity contribution in [1.29, 1.82) is 0 Å². The molecule has 5 N–H and O–H groups in total. The van der Waals surface area contributed by atoms with E-state index in [1.807, 2.05) is 0 Å². The van der Waals surface area contributed by atoms with Gasteiger partial charge in [-0.2, -0.15) is 0 Å². The number of aliphatic hydroxyl groups excluding tert-OH is 3. The summed E-state index contributed by atoms with van der Waals surface area (Å²) in [6, 6.07) is 2.68. The van der Waals surface area contributed by atoms with E-state index in [0.717, 1.165) is 14.0 Å². The third-order valence-corrected chi connectivity index (χ3v) is 7.01. The van der Waals surface area contributed by atoms with Crippen LogP contribution in [0.15, 0.2) is 34.8 Å². The SMILES string of the molecule is COC(=O)c1ccc2c(c1O)C(=O)C1=C(O)C3(O)C(=O)C(C(C)=O)=C(O)CC3[C@@H](O)C1[C@H]2C. The number of rotatable bonds is 2. The first-order chi connectivity index (χ1) is 15.4. The molecule has 0 fully saturated rings. The lowest BCUT2D eigenvalue weighted by Crippen LogP contribution is -2.62. The van der Waals surface area contributed by atoms with E-state index in [1.165, 1.54) is 12.1 Å². The Morgan fingerprint density at radius 1 is 1.15 bits per heavy atom. The fourth-order valence-corrected chi connectivity index (χ4v) is 5.38. The average molecular weight is 458 g/mol. The van der Waals surface area contributed by atoms with Gasteiger partial charge >= 0.3 is 5.97 Å². The highest BCUT2D eigenvalue weighted by Crippen LogP contribution is 2.55. The van der Waals surface area contributed by atoms with Crippen molar-refractivity contribution in [3.8, 4) is 5.75 Å². The summed E-state index contributed by atoms with van der Waals surface area (Å²) >= 11 is 0. The lowest BCUT2D eigenvalue weighted by Gasteiger charge is -2.50. The first-order valence-electron chi connectivity index (χ1n) is 10.2. The monoisotopic (exact) mass is 458 g/mol. The number of hydrogen-bond donors (Lipinski definition) is 5. The number of esters is 1. The summed E-state index contributed by atoms with van der Waals surface area (Å²) in [5.41, 5.74) is -4.41. The summed E-state index contributed by atoms with van der Waals surface area (Å²) in [5, 5.41) is 54.4. The number of carbonyl (C=O) groups is 4. The predicted octanol–water partition coefficient (Wildman–Crippen LogP) is 1.00. The molecule has 0 amide bonds. The molecule has 5 atom stereocenters. The van der Waals surface area contributed by atoms with E-state index in [1.54, 1.807) is 6.92 Å². The Kier molecular flexibility index (Phi) is 4.99. The van der Waals surface area contributed by atoms with Crippen LogP contribution in [0.1, 0.15) is 52.5 Å². The van der Waals surface area contributed by atoms with E-state index in [9.17, 15) is 44.7 Å². The molecule has 10 nitrogen and oxygen atoms in total. The van der Waals surface area contributed by atoms with Crippen molar-refractivity contribution in [1.82, 2.24) is 0 Å². The number of fused-ring (bicyclic) bond motifs is 3. The van der Waals surface area contributed by atoms with Gasteiger partial charge in [-0.05, 0) is 24.5 Å². The molecule has 1 aromatic rings. The average Bonchev–Trinajstić information content (AvgIpc) is 2.75. The number of Topliss-reactive ketones (excluding diaryl/α,β-unsaturated/α-hetero) is 3. The number of aliphatic hydroxyl groups is 4. The van der Waals surface area contributed by atoms with Gasteiger partial charge in [-0.1, -0.05) is 13.0 Å². The van der Waals surface area contributed by atoms with E-state index >= 15 is 0 Å². The van der Waals surface area contributed by atoms with Gasteiger partial charge in [-0.25, -0.2) is 4.79 Å². The highest BCUT2D eigenvalue weighted by atomic mass is 16.5. The van der Waals surface area contributed by atoms with Crippen molar-refractivity contribution in [3.05, 3.63) is 51.5 Å². The van der Waals surface area contributed by atoms with Crippen LogP contribution in [0.2, 0.25) is 0 Å². The van der Waals surface area contributed by atoms with Crippen molar-refractivity contribution in [2.75, 3.05) is 7.11 Å². The van der Waals surface area contributed by atoms with Crippen LogP contribution in [0.25, 0.3) is 0 Å². The zero-order chi connectivity index (χ0) is 24.6. The molecule has 10 heteroatoms. The van der Waals surface area contributed by atoms with Crippen LogP contribution in [-0.2, 0) is 14.3 Å². The molecule has 0 saturated heterocycles. The highest BCUT2D eigenvalue weighted by Gasteiger charge is 2.63.